The quantitative estimate of drug-likeness (QED) is 0.146. The Hall–Kier alpha value is -4.15. The minimum atomic E-state index is -1.70. The van der Waals surface area contributed by atoms with Crippen molar-refractivity contribution in [3.05, 3.63) is 95.8 Å². The summed E-state index contributed by atoms with van der Waals surface area (Å²) < 4.78 is 19.1. The number of benzene rings is 3. The molecule has 1 heterocycles. The van der Waals surface area contributed by atoms with E-state index in [9.17, 15) is 14.7 Å². The van der Waals surface area contributed by atoms with Crippen LogP contribution in [0, 0.1) is 5.82 Å². The molecule has 40 heavy (non-hydrogen) atoms. The largest absolute Gasteiger partial charge is 0.466 e. The van der Waals surface area contributed by atoms with Gasteiger partial charge in [-0.25, -0.2) is 23.8 Å². The molecule has 0 spiro atoms. The molecule has 1 aromatic heterocycles. The summed E-state index contributed by atoms with van der Waals surface area (Å²) in [5.41, 5.74) is 0.266. The Labute approximate surface area is 239 Å². The minimum Gasteiger partial charge on any atom is -0.461 e. The summed E-state index contributed by atoms with van der Waals surface area (Å²) in [6.07, 6.45) is -2.96. The fraction of sp³-hybridized carbons (Fsp3) is 0.200. The Bertz CT molecular complexity index is 1590. The molecule has 10 heteroatoms. The number of quaternary nitrogens is 1. The van der Waals surface area contributed by atoms with Crippen LogP contribution >= 0.6 is 15.9 Å². The maximum Gasteiger partial charge on any atom is 0.466 e. The van der Waals surface area contributed by atoms with E-state index in [0.29, 0.717) is 21.8 Å². The smallest absolute Gasteiger partial charge is 0.461 e. The van der Waals surface area contributed by atoms with E-state index < -0.39 is 34.0 Å². The number of imide groups is 1. The van der Waals surface area contributed by atoms with Gasteiger partial charge in [0.2, 0.25) is 0 Å². The fourth-order valence-electron chi connectivity index (χ4n) is 5.04. The third-order valence-electron chi connectivity index (χ3n) is 6.69. The van der Waals surface area contributed by atoms with E-state index in [1.807, 2.05) is 6.07 Å². The maximum atomic E-state index is 15.3. The molecule has 0 bridgehead atoms. The average molecular weight is 609 g/mol. The first-order chi connectivity index (χ1) is 19.0. The van der Waals surface area contributed by atoms with Crippen molar-refractivity contribution in [3.63, 3.8) is 0 Å². The Morgan fingerprint density at radius 1 is 0.975 bits per heavy atom. The lowest BCUT2D eigenvalue weighted by Gasteiger charge is -2.47. The number of carbonyl (C=O) groups excluding carboxylic acids is 2. The van der Waals surface area contributed by atoms with E-state index >= 15 is 9.18 Å². The van der Waals surface area contributed by atoms with Crippen LogP contribution in [0.15, 0.2) is 78.9 Å². The van der Waals surface area contributed by atoms with E-state index in [2.05, 4.69) is 20.9 Å². The third kappa shape index (κ3) is 4.63. The van der Waals surface area contributed by atoms with Crippen molar-refractivity contribution < 1.29 is 28.6 Å². The summed E-state index contributed by atoms with van der Waals surface area (Å²) in [6, 6.07) is 21.4. The van der Waals surface area contributed by atoms with E-state index in [4.69, 9.17) is 4.74 Å². The van der Waals surface area contributed by atoms with Gasteiger partial charge in [0.25, 0.3) is 0 Å². The lowest BCUT2D eigenvalue weighted by molar-refractivity contribution is -0.0330. The van der Waals surface area contributed by atoms with Crippen molar-refractivity contribution in [2.75, 3.05) is 7.11 Å². The minimum absolute atomic E-state index is 0.0224. The number of halogens is 2. The summed E-state index contributed by atoms with van der Waals surface area (Å²) in [5.74, 6) is -1.43. The molecule has 0 aliphatic carbocycles. The predicted octanol–water partition coefficient (Wildman–Crippen LogP) is 7.54. The fourth-order valence-corrected chi connectivity index (χ4v) is 5.58. The molecule has 3 amide bonds. The molecule has 1 unspecified atom stereocenters. The SMILES string of the molecule is COC(=O)N(C(=O)O)[N+](C(=O)c1c(CBr)c(-c2ccccc2)nc2c(F)cccc12)(c1ccccc1)C(C)(C)C. The molecule has 206 valence electrons. The Morgan fingerprint density at radius 3 is 2.10 bits per heavy atom. The van der Waals surface area contributed by atoms with Crippen LogP contribution < -0.4 is 4.59 Å². The Kier molecular flexibility index (Phi) is 8.04. The molecule has 3 aromatic carbocycles. The second kappa shape index (κ2) is 11.1. The van der Waals surface area contributed by atoms with Crippen LogP contribution in [0.3, 0.4) is 0 Å². The van der Waals surface area contributed by atoms with Crippen LogP contribution in [0.1, 0.15) is 36.7 Å². The number of rotatable bonds is 4. The number of fused-ring (bicyclic) bond motifs is 1. The zero-order valence-corrected chi connectivity index (χ0v) is 24.0. The number of ether oxygens (including phenoxy) is 1. The van der Waals surface area contributed by atoms with Crippen LogP contribution in [0.2, 0.25) is 0 Å². The Balaban J connectivity index is 2.25. The van der Waals surface area contributed by atoms with Crippen molar-refractivity contribution in [2.45, 2.75) is 31.6 Å². The molecule has 4 rings (SSSR count). The highest BCUT2D eigenvalue weighted by Gasteiger charge is 2.61. The number of methoxy groups -OCH3 is 1. The zero-order chi connectivity index (χ0) is 29.2. The number of carboxylic acid groups (broad SMARTS) is 1. The normalized spacial score (nSPS) is 12.9. The second-order valence-corrected chi connectivity index (χ2v) is 10.5. The number of pyridine rings is 1. The van der Waals surface area contributed by atoms with Gasteiger partial charge in [-0.1, -0.05) is 76.6 Å². The van der Waals surface area contributed by atoms with Gasteiger partial charge in [0, 0.05) is 34.0 Å². The van der Waals surface area contributed by atoms with E-state index in [-0.39, 0.29) is 27.5 Å². The van der Waals surface area contributed by atoms with Gasteiger partial charge < -0.3 is 9.84 Å². The molecule has 0 saturated carbocycles. The topological polar surface area (TPSA) is 96.8 Å². The van der Waals surface area contributed by atoms with Crippen molar-refractivity contribution in [1.29, 1.82) is 0 Å². The highest BCUT2D eigenvalue weighted by Crippen LogP contribution is 2.42. The van der Waals surface area contributed by atoms with E-state index in [1.54, 1.807) is 81.4 Å². The first-order valence-electron chi connectivity index (χ1n) is 12.3. The van der Waals surface area contributed by atoms with Crippen LogP contribution in [-0.4, -0.2) is 45.8 Å². The van der Waals surface area contributed by atoms with Crippen molar-refractivity contribution in [2.24, 2.45) is 0 Å². The van der Waals surface area contributed by atoms with Crippen LogP contribution in [0.25, 0.3) is 22.2 Å². The highest BCUT2D eigenvalue weighted by atomic mass is 79.9. The summed E-state index contributed by atoms with van der Waals surface area (Å²) in [7, 11) is 1.04. The van der Waals surface area contributed by atoms with E-state index in [1.165, 1.54) is 12.1 Å². The highest BCUT2D eigenvalue weighted by molar-refractivity contribution is 9.08. The molecule has 0 fully saturated rings. The molecule has 0 radical (unpaired) electrons. The number of amides is 3. The van der Waals surface area contributed by atoms with Crippen LogP contribution in [-0.2, 0) is 10.1 Å². The van der Waals surface area contributed by atoms with Gasteiger partial charge in [-0.2, -0.15) is 0 Å². The van der Waals surface area contributed by atoms with Gasteiger partial charge in [-0.15, -0.1) is 4.59 Å². The number of para-hydroxylation sites is 2. The summed E-state index contributed by atoms with van der Waals surface area (Å²) in [4.78, 5) is 45.9. The summed E-state index contributed by atoms with van der Waals surface area (Å²) >= 11 is 3.50. The zero-order valence-electron chi connectivity index (χ0n) is 22.4. The van der Waals surface area contributed by atoms with Crippen molar-refractivity contribution in [3.8, 4) is 11.3 Å². The van der Waals surface area contributed by atoms with Crippen molar-refractivity contribution >= 4 is 50.6 Å². The third-order valence-corrected chi connectivity index (χ3v) is 7.25. The monoisotopic (exact) mass is 608 g/mol. The van der Waals surface area contributed by atoms with Gasteiger partial charge in [0.05, 0.1) is 18.4 Å². The first-order valence-corrected chi connectivity index (χ1v) is 13.5. The second-order valence-electron chi connectivity index (χ2n) is 9.96. The molecular weight excluding hydrogens is 581 g/mol. The van der Waals surface area contributed by atoms with E-state index in [0.717, 1.165) is 7.11 Å². The molecule has 0 aliphatic rings. The lowest BCUT2D eigenvalue weighted by Crippen LogP contribution is -2.76. The number of hydrogen-bond acceptors (Lipinski definition) is 5. The van der Waals surface area contributed by atoms with Crippen LogP contribution in [0.4, 0.5) is 19.7 Å². The molecular formula is C30H28BrFN3O5+. The van der Waals surface area contributed by atoms with Crippen molar-refractivity contribution in [1.82, 2.24) is 14.6 Å². The molecule has 1 N–H and O–H groups in total. The maximum absolute atomic E-state index is 15.3. The Morgan fingerprint density at radius 2 is 1.57 bits per heavy atom. The van der Waals surface area contributed by atoms with Crippen LogP contribution in [0.5, 0.6) is 0 Å². The van der Waals surface area contributed by atoms with Gasteiger partial charge in [-0.3, -0.25) is 0 Å². The first kappa shape index (κ1) is 28.8. The van der Waals surface area contributed by atoms with Gasteiger partial charge >= 0.3 is 18.1 Å². The summed E-state index contributed by atoms with van der Waals surface area (Å²) in [5, 5.41) is 11.1. The number of aromatic nitrogens is 1. The van der Waals surface area contributed by atoms with Gasteiger partial charge in [0.1, 0.15) is 16.9 Å². The number of carbonyl (C=O) groups is 3. The van der Waals surface area contributed by atoms with Gasteiger partial charge in [0.15, 0.2) is 5.69 Å². The molecule has 1 atom stereocenters. The standard InChI is InChI=1S/C30H27BrFN3O5/c1-30(2,3)35(20-14-9-6-10-15-20,34(28(37)38)29(39)40-4)27(36)24-21-16-11-17-23(32)26(21)33-25(22(24)18-31)19-12-7-5-8-13-19/h5-17H,18H2,1-4H3/p+1. The summed E-state index contributed by atoms with van der Waals surface area (Å²) in [6.45, 7) is 4.94. The molecule has 4 aromatic rings. The number of alkyl halides is 1. The predicted molar refractivity (Wildman–Crippen MR) is 154 cm³/mol. The van der Waals surface area contributed by atoms with Gasteiger partial charge in [-0.05, 0) is 31.8 Å². The molecule has 8 nitrogen and oxygen atoms in total. The molecule has 0 aliphatic heterocycles. The molecule has 0 saturated heterocycles. The lowest BCUT2D eigenvalue weighted by atomic mass is 9.93. The number of nitrogens with zero attached hydrogens (tertiary/aromatic N) is 3. The number of hydrogen-bond donors (Lipinski definition) is 1. The average Bonchev–Trinajstić information content (AvgIpc) is 2.94.